The van der Waals surface area contributed by atoms with Crippen molar-refractivity contribution in [1.29, 1.82) is 0 Å². The molecule has 2 aliphatic heterocycles. The standard InChI is InChI=1S/C39H35Br2ClN2O6/c1-50-29-19-27(32(40)33(41)34(29)45)31-24-15-16-25-30(37(48)43(35(25)46)22-12-6-3-7-13-22)26(24)18-28-36(47)44(23-14-8-11-21(42)17-23)38(49)39(28,31)20-9-4-2-5-10-20/h2,4-5,8-11,14-15,17,19,22,25-26,28,30-31,45H,3,6-7,12-13,16,18H2,1H3. The van der Waals surface area contributed by atoms with E-state index < -0.39 is 40.9 Å². The van der Waals surface area contributed by atoms with Crippen LogP contribution in [0.15, 0.2) is 81.3 Å². The number of likely N-dealkylation sites (tertiary alicyclic amines) is 1. The zero-order valence-corrected chi connectivity index (χ0v) is 31.2. The molecule has 8 rings (SSSR count). The monoisotopic (exact) mass is 820 g/mol. The van der Waals surface area contributed by atoms with Gasteiger partial charge in [0.05, 0.1) is 40.4 Å². The number of phenolic OH excluding ortho intramolecular Hbond substituents is 1. The SMILES string of the molecule is COc1cc(C2C3=CCC4C(=O)N(C5CCCCC5)C(=O)C4C3CC3C(=O)N(c4cccc(Cl)c4)C(=O)C32c2ccccc2)c(Br)c(Br)c1O. The molecular formula is C39H35Br2ClN2O6. The second-order valence-corrected chi connectivity index (χ2v) is 16.1. The third-order valence-electron chi connectivity index (χ3n) is 11.8. The molecule has 3 aromatic rings. The zero-order valence-electron chi connectivity index (χ0n) is 27.3. The van der Waals surface area contributed by atoms with E-state index in [0.29, 0.717) is 37.2 Å². The minimum atomic E-state index is -1.45. The summed E-state index contributed by atoms with van der Waals surface area (Å²) >= 11 is 13.7. The Morgan fingerprint density at radius 2 is 1.62 bits per heavy atom. The number of benzene rings is 3. The van der Waals surface area contributed by atoms with Gasteiger partial charge in [0, 0.05) is 21.5 Å². The summed E-state index contributed by atoms with van der Waals surface area (Å²) in [5.41, 5.74) is 1.03. The lowest BCUT2D eigenvalue weighted by Crippen LogP contribution is -2.53. The number of carbonyl (C=O) groups is 4. The Hall–Kier alpha value is -3.47. The van der Waals surface area contributed by atoms with Crippen LogP contribution in [0.2, 0.25) is 5.02 Å². The number of nitrogens with zero attached hydrogens (tertiary/aromatic N) is 2. The van der Waals surface area contributed by atoms with E-state index in [2.05, 4.69) is 31.9 Å². The lowest BCUT2D eigenvalue weighted by molar-refractivity contribution is -0.143. The van der Waals surface area contributed by atoms with E-state index in [4.69, 9.17) is 16.3 Å². The highest BCUT2D eigenvalue weighted by Gasteiger charge is 2.70. The molecule has 5 aliphatic rings. The molecule has 8 nitrogen and oxygen atoms in total. The van der Waals surface area contributed by atoms with Crippen LogP contribution in [-0.4, -0.2) is 46.8 Å². The number of aromatic hydroxyl groups is 1. The number of carbonyl (C=O) groups excluding carboxylic acids is 4. The Morgan fingerprint density at radius 1 is 0.880 bits per heavy atom. The van der Waals surface area contributed by atoms with E-state index >= 15 is 4.79 Å². The Morgan fingerprint density at radius 3 is 2.32 bits per heavy atom. The average molecular weight is 823 g/mol. The van der Waals surface area contributed by atoms with E-state index in [0.717, 1.165) is 37.7 Å². The molecular weight excluding hydrogens is 788 g/mol. The van der Waals surface area contributed by atoms with Gasteiger partial charge in [-0.3, -0.25) is 24.1 Å². The first kappa shape index (κ1) is 33.7. The Kier molecular flexibility index (Phi) is 8.51. The highest BCUT2D eigenvalue weighted by Crippen LogP contribution is 2.66. The third kappa shape index (κ3) is 4.73. The number of rotatable bonds is 5. The van der Waals surface area contributed by atoms with Crippen molar-refractivity contribution in [3.8, 4) is 11.5 Å². The fraction of sp³-hybridized carbons (Fsp3) is 0.385. The number of fused-ring (bicyclic) bond motifs is 4. The molecule has 0 spiro atoms. The maximum absolute atomic E-state index is 15.5. The average Bonchev–Trinajstić information content (AvgIpc) is 3.52. The van der Waals surface area contributed by atoms with Crippen LogP contribution in [0, 0.1) is 23.7 Å². The van der Waals surface area contributed by atoms with E-state index in [1.165, 1.54) is 12.0 Å². The van der Waals surface area contributed by atoms with Gasteiger partial charge < -0.3 is 9.84 Å². The van der Waals surface area contributed by atoms with Crippen molar-refractivity contribution in [2.75, 3.05) is 12.0 Å². The minimum Gasteiger partial charge on any atom is -0.503 e. The third-order valence-corrected chi connectivity index (χ3v) is 14.2. The van der Waals surface area contributed by atoms with Crippen LogP contribution >= 0.6 is 43.5 Å². The molecule has 4 amide bonds. The van der Waals surface area contributed by atoms with E-state index in [1.54, 1.807) is 35.2 Å². The highest BCUT2D eigenvalue weighted by molar-refractivity contribution is 9.13. The normalized spacial score (nSPS) is 29.5. The Bertz CT molecular complexity index is 1980. The van der Waals surface area contributed by atoms with E-state index in [1.807, 2.05) is 36.4 Å². The van der Waals surface area contributed by atoms with Crippen LogP contribution in [-0.2, 0) is 24.6 Å². The second-order valence-electron chi connectivity index (χ2n) is 14.1. The summed E-state index contributed by atoms with van der Waals surface area (Å²) < 4.78 is 6.46. The largest absolute Gasteiger partial charge is 0.503 e. The van der Waals surface area contributed by atoms with Gasteiger partial charge in [0.1, 0.15) is 0 Å². The van der Waals surface area contributed by atoms with Crippen LogP contribution in [0.25, 0.3) is 0 Å². The molecule has 2 heterocycles. The van der Waals surface area contributed by atoms with Crippen molar-refractivity contribution in [2.24, 2.45) is 23.7 Å². The number of amides is 4. The number of imide groups is 2. The first-order chi connectivity index (χ1) is 24.1. The molecule has 2 saturated heterocycles. The van der Waals surface area contributed by atoms with Crippen LogP contribution in [0.5, 0.6) is 11.5 Å². The smallest absolute Gasteiger partial charge is 0.246 e. The minimum absolute atomic E-state index is 0.111. The van der Waals surface area contributed by atoms with Crippen molar-refractivity contribution < 1.29 is 29.0 Å². The van der Waals surface area contributed by atoms with Gasteiger partial charge in [0.25, 0.3) is 0 Å². The quantitative estimate of drug-likeness (QED) is 0.206. The predicted octanol–water partition coefficient (Wildman–Crippen LogP) is 8.07. The van der Waals surface area contributed by atoms with Crippen LogP contribution < -0.4 is 9.64 Å². The van der Waals surface area contributed by atoms with Gasteiger partial charge in [-0.05, 0) is 98.9 Å². The maximum Gasteiger partial charge on any atom is 0.246 e. The summed E-state index contributed by atoms with van der Waals surface area (Å²) in [5, 5.41) is 11.4. The summed E-state index contributed by atoms with van der Waals surface area (Å²) in [7, 11) is 1.46. The fourth-order valence-electron chi connectivity index (χ4n) is 9.79. The second kappa shape index (κ2) is 12.6. The molecule has 3 aliphatic carbocycles. The van der Waals surface area contributed by atoms with Crippen molar-refractivity contribution >= 4 is 72.8 Å². The molecule has 3 aromatic carbocycles. The topological polar surface area (TPSA) is 104 Å². The van der Waals surface area contributed by atoms with Crippen LogP contribution in [0.1, 0.15) is 62.0 Å². The number of allylic oxidation sites excluding steroid dienone is 2. The predicted molar refractivity (Wildman–Crippen MR) is 195 cm³/mol. The van der Waals surface area contributed by atoms with Gasteiger partial charge in [-0.15, -0.1) is 0 Å². The summed E-state index contributed by atoms with van der Waals surface area (Å²) in [4.78, 5) is 61.9. The summed E-state index contributed by atoms with van der Waals surface area (Å²) in [6.07, 6.45) is 7.28. The molecule has 0 aromatic heterocycles. The number of phenols is 1. The number of hydrogen-bond acceptors (Lipinski definition) is 6. The number of ether oxygens (including phenoxy) is 1. The van der Waals surface area contributed by atoms with Gasteiger partial charge in [-0.1, -0.05) is 78.9 Å². The molecule has 6 atom stereocenters. The first-order valence-corrected chi connectivity index (χ1v) is 19.1. The molecule has 6 unspecified atom stereocenters. The Balaban J connectivity index is 1.38. The zero-order chi connectivity index (χ0) is 35.1. The molecule has 50 heavy (non-hydrogen) atoms. The lowest BCUT2D eigenvalue weighted by atomic mass is 9.49. The van der Waals surface area contributed by atoms with Gasteiger partial charge >= 0.3 is 0 Å². The number of anilines is 1. The Labute approximate surface area is 312 Å². The van der Waals surface area contributed by atoms with Crippen LogP contribution in [0.4, 0.5) is 5.69 Å². The van der Waals surface area contributed by atoms with Gasteiger partial charge in [-0.25, -0.2) is 4.90 Å². The van der Waals surface area contributed by atoms with E-state index in [9.17, 15) is 19.5 Å². The summed E-state index contributed by atoms with van der Waals surface area (Å²) in [5.74, 6) is -4.32. The number of methoxy groups -OCH3 is 1. The van der Waals surface area contributed by atoms with Gasteiger partial charge in [0.15, 0.2) is 11.5 Å². The number of hydrogen-bond donors (Lipinski definition) is 1. The summed E-state index contributed by atoms with van der Waals surface area (Å²) in [6, 6.07) is 17.7. The summed E-state index contributed by atoms with van der Waals surface area (Å²) in [6.45, 7) is 0. The first-order valence-electron chi connectivity index (χ1n) is 17.1. The molecule has 2 saturated carbocycles. The van der Waals surface area contributed by atoms with Crippen LogP contribution in [0.3, 0.4) is 0 Å². The van der Waals surface area contributed by atoms with Gasteiger partial charge in [0.2, 0.25) is 23.6 Å². The molecule has 1 N–H and O–H groups in total. The van der Waals surface area contributed by atoms with Crippen molar-refractivity contribution in [2.45, 2.75) is 62.3 Å². The molecule has 4 fully saturated rings. The highest BCUT2D eigenvalue weighted by atomic mass is 79.9. The van der Waals surface area contributed by atoms with Gasteiger partial charge in [-0.2, -0.15) is 0 Å². The molecule has 11 heteroatoms. The lowest BCUT2D eigenvalue weighted by Gasteiger charge is -2.51. The maximum atomic E-state index is 15.5. The van der Waals surface area contributed by atoms with Crippen molar-refractivity contribution in [3.63, 3.8) is 0 Å². The molecule has 0 bridgehead atoms. The van der Waals surface area contributed by atoms with Crippen molar-refractivity contribution in [1.82, 2.24) is 4.90 Å². The molecule has 258 valence electrons. The molecule has 0 radical (unpaired) electrons. The van der Waals surface area contributed by atoms with Crippen molar-refractivity contribution in [3.05, 3.63) is 97.4 Å². The fourth-order valence-corrected chi connectivity index (χ4v) is 10.9. The van der Waals surface area contributed by atoms with E-state index in [-0.39, 0.29) is 41.7 Å². The number of halogens is 3.